The number of primary amides is 1. The summed E-state index contributed by atoms with van der Waals surface area (Å²) in [4.78, 5) is 12.0. The van der Waals surface area contributed by atoms with Crippen LogP contribution in [-0.4, -0.2) is 22.2 Å². The van der Waals surface area contributed by atoms with Crippen molar-refractivity contribution in [3.63, 3.8) is 0 Å². The van der Waals surface area contributed by atoms with E-state index in [1.165, 1.54) is 18.2 Å². The average molecular weight is 401 g/mol. The van der Waals surface area contributed by atoms with Crippen LogP contribution in [0.4, 0.5) is 8.78 Å². The molecule has 5 nitrogen and oxygen atoms in total. The van der Waals surface area contributed by atoms with Crippen molar-refractivity contribution < 1.29 is 18.3 Å². The maximum atomic E-state index is 14.3. The largest absolute Gasteiger partial charge is 0.367 e. The minimum atomic E-state index is -0.791. The third-order valence-corrected chi connectivity index (χ3v) is 6.71. The number of nitrogens with two attached hydrogens (primary N) is 1. The molecule has 1 fully saturated rings. The van der Waals surface area contributed by atoms with Crippen LogP contribution in [0.5, 0.6) is 0 Å². The van der Waals surface area contributed by atoms with E-state index in [0.717, 1.165) is 18.4 Å². The Balaban J connectivity index is 1.82. The molecule has 7 heteroatoms. The third kappa shape index (κ3) is 2.78. The van der Waals surface area contributed by atoms with Gasteiger partial charge in [0.1, 0.15) is 23.3 Å². The molecule has 0 spiro atoms. The van der Waals surface area contributed by atoms with Crippen molar-refractivity contribution in [2.45, 2.75) is 64.1 Å². The van der Waals surface area contributed by atoms with Crippen molar-refractivity contribution in [3.8, 4) is 11.3 Å². The molecule has 29 heavy (non-hydrogen) atoms. The first-order valence-electron chi connectivity index (χ1n) is 10.0. The summed E-state index contributed by atoms with van der Waals surface area (Å²) in [5.41, 5.74) is 5.97. The van der Waals surface area contributed by atoms with Gasteiger partial charge in [-0.2, -0.15) is 5.10 Å². The summed E-state index contributed by atoms with van der Waals surface area (Å²) in [5.74, 6) is -1.75. The molecule has 2 aromatic rings. The van der Waals surface area contributed by atoms with Crippen LogP contribution >= 0.6 is 0 Å². The Kier molecular flexibility index (Phi) is 4.69. The molecule has 0 radical (unpaired) electrons. The van der Waals surface area contributed by atoms with Gasteiger partial charge >= 0.3 is 0 Å². The second-order valence-corrected chi connectivity index (χ2v) is 8.57. The quantitative estimate of drug-likeness (QED) is 0.787. The molecule has 154 valence electrons. The molecule has 1 aromatic heterocycles. The zero-order valence-electron chi connectivity index (χ0n) is 16.8. The molecule has 0 saturated heterocycles. The van der Waals surface area contributed by atoms with Gasteiger partial charge in [-0.25, -0.2) is 8.78 Å². The van der Waals surface area contributed by atoms with Crippen molar-refractivity contribution in [3.05, 3.63) is 47.2 Å². The van der Waals surface area contributed by atoms with Crippen LogP contribution in [-0.2, 0) is 15.1 Å². The number of amides is 1. The van der Waals surface area contributed by atoms with Gasteiger partial charge in [0.25, 0.3) is 0 Å². The molecule has 2 aliphatic rings. The van der Waals surface area contributed by atoms with E-state index in [1.54, 1.807) is 6.07 Å². The monoisotopic (exact) mass is 401 g/mol. The van der Waals surface area contributed by atoms with Gasteiger partial charge in [0.05, 0.1) is 17.0 Å². The van der Waals surface area contributed by atoms with Crippen LogP contribution < -0.4 is 5.73 Å². The molecule has 2 aliphatic carbocycles. The number of rotatable bonds is 6. The highest BCUT2D eigenvalue weighted by Crippen LogP contribution is 2.68. The fourth-order valence-electron chi connectivity index (χ4n) is 5.16. The number of fused-ring (bicyclic) bond motifs is 5. The first-order valence-corrected chi connectivity index (χ1v) is 10.0. The number of nitrogens with zero attached hydrogens (tertiary/aromatic N) is 2. The Labute approximate surface area is 168 Å². The predicted octanol–water partition coefficient (Wildman–Crippen LogP) is 4.20. The minimum Gasteiger partial charge on any atom is -0.367 e. The van der Waals surface area contributed by atoms with E-state index in [9.17, 15) is 13.6 Å². The SMILES string of the molecule is CCCC(O[C@@]12CC[C@@H](c3cc(-c4c(F)cccc4F)nnc31)C2(C)C)C(N)=O. The Hall–Kier alpha value is -2.41. The molecular weight excluding hydrogens is 376 g/mol. The highest BCUT2D eigenvalue weighted by atomic mass is 19.1. The number of carbonyl (C=O) groups is 1. The lowest BCUT2D eigenvalue weighted by atomic mass is 9.77. The van der Waals surface area contributed by atoms with Gasteiger partial charge in [0.2, 0.25) is 5.91 Å². The van der Waals surface area contributed by atoms with Crippen molar-refractivity contribution in [2.75, 3.05) is 0 Å². The fourth-order valence-corrected chi connectivity index (χ4v) is 5.16. The highest BCUT2D eigenvalue weighted by Gasteiger charge is 2.65. The molecule has 1 saturated carbocycles. The average Bonchev–Trinajstić information content (AvgIpc) is 3.01. The van der Waals surface area contributed by atoms with Crippen LogP contribution in [0.1, 0.15) is 63.6 Å². The van der Waals surface area contributed by atoms with Crippen molar-refractivity contribution >= 4 is 5.91 Å². The molecule has 0 aliphatic heterocycles. The van der Waals surface area contributed by atoms with Gasteiger partial charge < -0.3 is 10.5 Å². The summed E-state index contributed by atoms with van der Waals surface area (Å²) in [6.07, 6.45) is 2.11. The summed E-state index contributed by atoms with van der Waals surface area (Å²) in [7, 11) is 0. The molecule has 4 rings (SSSR count). The van der Waals surface area contributed by atoms with E-state index in [1.807, 2.05) is 6.92 Å². The van der Waals surface area contributed by atoms with Crippen LogP contribution in [0.15, 0.2) is 24.3 Å². The van der Waals surface area contributed by atoms with E-state index in [2.05, 4.69) is 24.0 Å². The number of halogens is 2. The molecular formula is C22H25F2N3O2. The molecule has 2 bridgehead atoms. The number of benzene rings is 1. The van der Waals surface area contributed by atoms with Crippen molar-refractivity contribution in [1.29, 1.82) is 0 Å². The summed E-state index contributed by atoms with van der Waals surface area (Å²) in [6, 6.07) is 5.45. The zero-order chi connectivity index (χ0) is 21.0. The number of ether oxygens (including phenoxy) is 1. The lowest BCUT2D eigenvalue weighted by Crippen LogP contribution is -2.45. The molecule has 3 atom stereocenters. The summed E-state index contributed by atoms with van der Waals surface area (Å²) < 4.78 is 34.9. The van der Waals surface area contributed by atoms with Gasteiger partial charge in [0, 0.05) is 5.41 Å². The van der Waals surface area contributed by atoms with Gasteiger partial charge in [-0.3, -0.25) is 4.79 Å². The second-order valence-electron chi connectivity index (χ2n) is 8.57. The smallest absolute Gasteiger partial charge is 0.246 e. The lowest BCUT2D eigenvalue weighted by molar-refractivity contribution is -0.166. The first-order chi connectivity index (χ1) is 13.7. The van der Waals surface area contributed by atoms with E-state index in [4.69, 9.17) is 10.5 Å². The van der Waals surface area contributed by atoms with Gasteiger partial charge in [0.15, 0.2) is 0 Å². The summed E-state index contributed by atoms with van der Waals surface area (Å²) in [5, 5.41) is 8.52. The fraction of sp³-hybridized carbons (Fsp3) is 0.500. The first kappa shape index (κ1) is 19.9. The topological polar surface area (TPSA) is 78.1 Å². The summed E-state index contributed by atoms with van der Waals surface area (Å²) >= 11 is 0. The van der Waals surface area contributed by atoms with E-state index in [-0.39, 0.29) is 22.6 Å². The molecule has 1 aromatic carbocycles. The maximum Gasteiger partial charge on any atom is 0.246 e. The molecule has 1 heterocycles. The maximum absolute atomic E-state index is 14.3. The second kappa shape index (κ2) is 6.83. The highest BCUT2D eigenvalue weighted by molar-refractivity contribution is 5.79. The minimum absolute atomic E-state index is 0.0942. The molecule has 1 unspecified atom stereocenters. The van der Waals surface area contributed by atoms with Crippen molar-refractivity contribution in [1.82, 2.24) is 10.2 Å². The van der Waals surface area contributed by atoms with Crippen LogP contribution in [0, 0.1) is 17.0 Å². The van der Waals surface area contributed by atoms with Crippen LogP contribution in [0.3, 0.4) is 0 Å². The Morgan fingerprint density at radius 1 is 1.31 bits per heavy atom. The third-order valence-electron chi connectivity index (χ3n) is 6.71. The normalized spacial score (nSPS) is 25.1. The van der Waals surface area contributed by atoms with E-state index < -0.39 is 29.2 Å². The van der Waals surface area contributed by atoms with Gasteiger partial charge in [-0.15, -0.1) is 5.10 Å². The van der Waals surface area contributed by atoms with E-state index >= 15 is 0 Å². The van der Waals surface area contributed by atoms with Gasteiger partial charge in [-0.1, -0.05) is 33.3 Å². The number of aromatic nitrogens is 2. The lowest BCUT2D eigenvalue weighted by Gasteiger charge is -2.39. The molecule has 1 amide bonds. The van der Waals surface area contributed by atoms with Crippen LogP contribution in [0.2, 0.25) is 0 Å². The molecule has 2 N–H and O–H groups in total. The standard InChI is InChI=1S/C22H25F2N3O2/c1-4-6-17(20(25)28)29-22-10-9-13(21(22,2)3)12-11-16(26-27-19(12)22)18-14(23)7-5-8-15(18)24/h5,7-8,11,13,17H,4,6,9-10H2,1-3H3,(H2,25,28)/t13-,17?,22-/m0/s1. The predicted molar refractivity (Wildman–Crippen MR) is 104 cm³/mol. The van der Waals surface area contributed by atoms with Gasteiger partial charge in [-0.05, 0) is 48.9 Å². The summed E-state index contributed by atoms with van der Waals surface area (Å²) in [6.45, 7) is 6.14. The number of hydrogen-bond donors (Lipinski definition) is 1. The number of carbonyl (C=O) groups excluding carboxylic acids is 1. The van der Waals surface area contributed by atoms with E-state index in [0.29, 0.717) is 18.5 Å². The Morgan fingerprint density at radius 2 is 2.00 bits per heavy atom. The van der Waals surface area contributed by atoms with Crippen LogP contribution in [0.25, 0.3) is 11.3 Å². The number of hydrogen-bond acceptors (Lipinski definition) is 4. The Bertz CT molecular complexity index is 958. The zero-order valence-corrected chi connectivity index (χ0v) is 16.8. The Morgan fingerprint density at radius 3 is 2.62 bits per heavy atom. The van der Waals surface area contributed by atoms with Crippen molar-refractivity contribution in [2.24, 2.45) is 11.1 Å².